The summed E-state index contributed by atoms with van der Waals surface area (Å²) < 4.78 is 18.7. The van der Waals surface area contributed by atoms with Crippen LogP contribution in [-0.2, 0) is 0 Å². The summed E-state index contributed by atoms with van der Waals surface area (Å²) in [5.41, 5.74) is 1.82. The van der Waals surface area contributed by atoms with Gasteiger partial charge in [0.1, 0.15) is 11.6 Å². The molecule has 0 fully saturated rings. The highest BCUT2D eigenvalue weighted by Gasteiger charge is 2.17. The standard InChI is InChI=1S/C12H18FNO2/c1-7-9(11(15)6-14-3)5-10(13)8(2)12(7)16-4/h5,11,14-15H,6H2,1-4H3. The van der Waals surface area contributed by atoms with Gasteiger partial charge in [-0.1, -0.05) is 0 Å². The molecule has 0 saturated carbocycles. The van der Waals surface area contributed by atoms with Crippen LogP contribution in [0, 0.1) is 19.7 Å². The normalized spacial score (nSPS) is 12.6. The van der Waals surface area contributed by atoms with Gasteiger partial charge in [0.2, 0.25) is 0 Å². The second-order valence-electron chi connectivity index (χ2n) is 3.80. The third kappa shape index (κ3) is 2.33. The minimum atomic E-state index is -0.728. The van der Waals surface area contributed by atoms with Gasteiger partial charge in [-0.05, 0) is 38.1 Å². The number of halogens is 1. The van der Waals surface area contributed by atoms with Crippen LogP contribution in [0.3, 0.4) is 0 Å². The van der Waals surface area contributed by atoms with E-state index in [1.54, 1.807) is 14.0 Å². The van der Waals surface area contributed by atoms with Gasteiger partial charge in [0.05, 0.1) is 13.2 Å². The second-order valence-corrected chi connectivity index (χ2v) is 3.80. The fraction of sp³-hybridized carbons (Fsp3) is 0.500. The highest BCUT2D eigenvalue weighted by Crippen LogP contribution is 2.31. The van der Waals surface area contributed by atoms with Gasteiger partial charge in [-0.2, -0.15) is 0 Å². The van der Waals surface area contributed by atoms with Gasteiger partial charge in [-0.25, -0.2) is 4.39 Å². The molecule has 0 bridgehead atoms. The number of nitrogens with one attached hydrogen (secondary N) is 1. The van der Waals surface area contributed by atoms with Crippen molar-refractivity contribution in [1.82, 2.24) is 5.32 Å². The molecule has 1 aromatic rings. The van der Waals surface area contributed by atoms with Gasteiger partial charge in [0.15, 0.2) is 0 Å². The molecule has 0 aliphatic rings. The summed E-state index contributed by atoms with van der Waals surface area (Å²) in [5, 5.41) is 12.7. The predicted octanol–water partition coefficient (Wildman–Crippen LogP) is 1.70. The Labute approximate surface area is 95.2 Å². The highest BCUT2D eigenvalue weighted by atomic mass is 19.1. The second kappa shape index (κ2) is 5.27. The smallest absolute Gasteiger partial charge is 0.130 e. The van der Waals surface area contributed by atoms with Gasteiger partial charge in [-0.15, -0.1) is 0 Å². The number of aliphatic hydroxyl groups is 1. The molecule has 4 heteroatoms. The van der Waals surface area contributed by atoms with E-state index >= 15 is 0 Å². The molecule has 0 saturated heterocycles. The summed E-state index contributed by atoms with van der Waals surface area (Å²) in [7, 11) is 3.24. The molecule has 0 heterocycles. The van der Waals surface area contributed by atoms with E-state index in [0.717, 1.165) is 5.56 Å². The van der Waals surface area contributed by atoms with Gasteiger partial charge >= 0.3 is 0 Å². The van der Waals surface area contributed by atoms with Crippen LogP contribution >= 0.6 is 0 Å². The monoisotopic (exact) mass is 227 g/mol. The number of rotatable bonds is 4. The quantitative estimate of drug-likeness (QED) is 0.822. The molecule has 0 aromatic heterocycles. The van der Waals surface area contributed by atoms with Crippen LogP contribution in [0.15, 0.2) is 6.07 Å². The molecule has 0 aliphatic carbocycles. The topological polar surface area (TPSA) is 41.5 Å². The van der Waals surface area contributed by atoms with Gasteiger partial charge in [-0.3, -0.25) is 0 Å². The minimum absolute atomic E-state index is 0.354. The third-order valence-corrected chi connectivity index (χ3v) is 2.72. The Morgan fingerprint density at radius 1 is 1.44 bits per heavy atom. The molecule has 1 rings (SSSR count). The molecule has 1 unspecified atom stereocenters. The molecule has 0 radical (unpaired) electrons. The first kappa shape index (κ1) is 12.9. The Bertz CT molecular complexity index is 380. The van der Waals surface area contributed by atoms with Crippen molar-refractivity contribution in [2.45, 2.75) is 20.0 Å². The lowest BCUT2D eigenvalue weighted by atomic mass is 9.99. The molecule has 16 heavy (non-hydrogen) atoms. The lowest BCUT2D eigenvalue weighted by molar-refractivity contribution is 0.176. The van der Waals surface area contributed by atoms with E-state index in [2.05, 4.69) is 5.32 Å². The summed E-state index contributed by atoms with van der Waals surface area (Å²) in [6.45, 7) is 3.86. The van der Waals surface area contributed by atoms with Crippen LogP contribution in [0.2, 0.25) is 0 Å². The molecule has 0 aliphatic heterocycles. The lowest BCUT2D eigenvalue weighted by Crippen LogP contribution is -2.18. The summed E-state index contributed by atoms with van der Waals surface area (Å²) in [6.07, 6.45) is -0.728. The molecule has 0 spiro atoms. The molecule has 0 amide bonds. The van der Waals surface area contributed by atoms with Crippen LogP contribution in [-0.4, -0.2) is 25.8 Å². The number of benzene rings is 1. The van der Waals surface area contributed by atoms with Crippen LogP contribution in [0.5, 0.6) is 5.75 Å². The zero-order valence-electron chi connectivity index (χ0n) is 10.1. The van der Waals surface area contributed by atoms with E-state index in [9.17, 15) is 9.50 Å². The Balaban J connectivity index is 3.25. The van der Waals surface area contributed by atoms with E-state index in [-0.39, 0.29) is 5.82 Å². The maximum absolute atomic E-state index is 13.6. The zero-order chi connectivity index (χ0) is 12.3. The van der Waals surface area contributed by atoms with Gasteiger partial charge in [0, 0.05) is 12.1 Å². The highest BCUT2D eigenvalue weighted by molar-refractivity contribution is 5.46. The Morgan fingerprint density at radius 3 is 2.56 bits per heavy atom. The number of hydrogen-bond acceptors (Lipinski definition) is 3. The largest absolute Gasteiger partial charge is 0.496 e. The fourth-order valence-electron chi connectivity index (χ4n) is 1.83. The van der Waals surface area contributed by atoms with E-state index in [4.69, 9.17) is 4.74 Å². The first-order valence-corrected chi connectivity index (χ1v) is 5.19. The first-order chi connectivity index (χ1) is 7.52. The van der Waals surface area contributed by atoms with Crippen molar-refractivity contribution >= 4 is 0 Å². The lowest BCUT2D eigenvalue weighted by Gasteiger charge is -2.18. The van der Waals surface area contributed by atoms with Crippen molar-refractivity contribution in [1.29, 1.82) is 0 Å². The van der Waals surface area contributed by atoms with Crippen LogP contribution in [0.1, 0.15) is 22.8 Å². The number of likely N-dealkylation sites (N-methyl/N-ethyl adjacent to an activating group) is 1. The number of methoxy groups -OCH3 is 1. The van der Waals surface area contributed by atoms with Crippen molar-refractivity contribution in [3.8, 4) is 5.75 Å². The van der Waals surface area contributed by atoms with Crippen LogP contribution < -0.4 is 10.1 Å². The Hall–Kier alpha value is -1.13. The summed E-state index contributed by atoms with van der Waals surface area (Å²) in [5.74, 6) is 0.151. The molecule has 2 N–H and O–H groups in total. The third-order valence-electron chi connectivity index (χ3n) is 2.72. The number of aliphatic hydroxyl groups excluding tert-OH is 1. The zero-order valence-corrected chi connectivity index (χ0v) is 10.1. The summed E-state index contributed by atoms with van der Waals surface area (Å²) in [6, 6.07) is 1.37. The van der Waals surface area contributed by atoms with Crippen molar-refractivity contribution in [2.75, 3.05) is 20.7 Å². The predicted molar refractivity (Wildman–Crippen MR) is 61.3 cm³/mol. The van der Waals surface area contributed by atoms with Gasteiger partial charge in [0.25, 0.3) is 0 Å². The average Bonchev–Trinajstić information content (AvgIpc) is 2.24. The first-order valence-electron chi connectivity index (χ1n) is 5.19. The van der Waals surface area contributed by atoms with Crippen molar-refractivity contribution in [3.63, 3.8) is 0 Å². The number of ether oxygens (including phenoxy) is 1. The van der Waals surface area contributed by atoms with E-state index < -0.39 is 6.10 Å². The van der Waals surface area contributed by atoms with Gasteiger partial charge < -0.3 is 15.2 Å². The Morgan fingerprint density at radius 2 is 2.06 bits per heavy atom. The molecule has 1 atom stereocenters. The molecular weight excluding hydrogens is 209 g/mol. The van der Waals surface area contributed by atoms with Crippen molar-refractivity contribution in [3.05, 3.63) is 28.6 Å². The average molecular weight is 227 g/mol. The van der Waals surface area contributed by atoms with Crippen molar-refractivity contribution in [2.24, 2.45) is 0 Å². The van der Waals surface area contributed by atoms with E-state index in [1.165, 1.54) is 13.2 Å². The molecule has 1 aromatic carbocycles. The van der Waals surface area contributed by atoms with Crippen LogP contribution in [0.4, 0.5) is 4.39 Å². The van der Waals surface area contributed by atoms with E-state index in [1.807, 2.05) is 6.92 Å². The minimum Gasteiger partial charge on any atom is -0.496 e. The SMILES string of the molecule is CNCC(O)c1cc(F)c(C)c(OC)c1C. The summed E-state index contributed by atoms with van der Waals surface area (Å²) >= 11 is 0. The van der Waals surface area contributed by atoms with E-state index in [0.29, 0.717) is 23.4 Å². The molecule has 3 nitrogen and oxygen atoms in total. The number of hydrogen-bond donors (Lipinski definition) is 2. The Kier molecular flexibility index (Phi) is 4.26. The maximum atomic E-state index is 13.6. The molecular formula is C12H18FNO2. The van der Waals surface area contributed by atoms with Crippen molar-refractivity contribution < 1.29 is 14.2 Å². The molecule has 90 valence electrons. The fourth-order valence-corrected chi connectivity index (χ4v) is 1.83. The summed E-state index contributed by atoms with van der Waals surface area (Å²) in [4.78, 5) is 0. The van der Waals surface area contributed by atoms with Crippen LogP contribution in [0.25, 0.3) is 0 Å². The maximum Gasteiger partial charge on any atom is 0.130 e.